The van der Waals surface area contributed by atoms with Gasteiger partial charge in [0.1, 0.15) is 0 Å². The van der Waals surface area contributed by atoms with Crippen LogP contribution >= 0.6 is 0 Å². The van der Waals surface area contributed by atoms with Crippen molar-refractivity contribution >= 4 is 22.5 Å². The van der Waals surface area contributed by atoms with Crippen LogP contribution in [-0.2, 0) is 6.03 Å². The third-order valence-corrected chi connectivity index (χ3v) is 3.67. The Bertz CT molecular complexity index is 140. The van der Waals surface area contributed by atoms with Crippen molar-refractivity contribution in [2.45, 2.75) is 24.4 Å². The second kappa shape index (κ2) is 5.46. The van der Waals surface area contributed by atoms with E-state index in [1.54, 1.807) is 0 Å². The van der Waals surface area contributed by atoms with E-state index in [1.807, 2.05) is 0 Å². The van der Waals surface area contributed by atoms with E-state index >= 15 is 0 Å². The normalized spacial score (nSPS) is 33.2. The predicted octanol–water partition coefficient (Wildman–Crippen LogP) is -2.99. The average molecular weight is 302 g/mol. The van der Waals surface area contributed by atoms with Crippen LogP contribution in [-0.4, -0.2) is 80.5 Å². The molecule has 0 amide bonds. The summed E-state index contributed by atoms with van der Waals surface area (Å²) in [5, 5.41) is 35.8. The molecule has 1 saturated heterocycles. The molecule has 0 aromatic carbocycles. The van der Waals surface area contributed by atoms with Crippen molar-refractivity contribution in [2.75, 3.05) is 13.2 Å². The molecule has 0 aromatic heterocycles. The van der Waals surface area contributed by atoms with Gasteiger partial charge in [-0.1, -0.05) is 0 Å². The second-order valence-electron chi connectivity index (χ2n) is 2.71. The van der Waals surface area contributed by atoms with Gasteiger partial charge in [0.15, 0.2) is 0 Å². The zero-order chi connectivity index (χ0) is 9.84. The number of hydrogen-bond acceptors (Lipinski definition) is 6. The molecule has 0 saturated carbocycles. The summed E-state index contributed by atoms with van der Waals surface area (Å²) in [6, 6.07) is 0. The Hall–Kier alpha value is 0.578. The molecular weight excluding hydrogens is 290 g/mol. The summed E-state index contributed by atoms with van der Waals surface area (Å²) >= 11 is -1.29. The molecule has 1 aliphatic heterocycles. The van der Waals surface area contributed by atoms with Gasteiger partial charge in [-0.15, -0.1) is 0 Å². The SMILES string of the molecule is OCC(O)C1[O][Sb][O]C1C(O)CO. The second-order valence-corrected chi connectivity index (χ2v) is 4.34. The van der Waals surface area contributed by atoms with Crippen LogP contribution in [0.3, 0.4) is 0 Å². The van der Waals surface area contributed by atoms with Gasteiger partial charge in [0.05, 0.1) is 0 Å². The summed E-state index contributed by atoms with van der Waals surface area (Å²) in [7, 11) is 0. The molecule has 1 radical (unpaired) electrons. The van der Waals surface area contributed by atoms with Crippen LogP contribution in [0.25, 0.3) is 0 Å². The minimum atomic E-state index is -1.29. The summed E-state index contributed by atoms with van der Waals surface area (Å²) < 4.78 is 10.2. The Morgan fingerprint density at radius 1 is 1.00 bits per heavy atom. The predicted molar refractivity (Wildman–Crippen MR) is 41.7 cm³/mol. The molecular formula is C6H12O6Sb. The summed E-state index contributed by atoms with van der Waals surface area (Å²) in [4.78, 5) is 0. The van der Waals surface area contributed by atoms with Crippen LogP contribution in [0.15, 0.2) is 0 Å². The maximum atomic E-state index is 9.25. The first kappa shape index (κ1) is 11.7. The van der Waals surface area contributed by atoms with Crippen LogP contribution in [0, 0.1) is 0 Å². The average Bonchev–Trinajstić information content (AvgIpc) is 2.63. The Morgan fingerprint density at radius 2 is 1.38 bits per heavy atom. The van der Waals surface area contributed by atoms with Gasteiger partial charge >= 0.3 is 86.5 Å². The van der Waals surface area contributed by atoms with Crippen molar-refractivity contribution in [1.82, 2.24) is 0 Å². The van der Waals surface area contributed by atoms with E-state index in [4.69, 9.17) is 16.2 Å². The summed E-state index contributed by atoms with van der Waals surface area (Å²) in [6.07, 6.45) is -3.57. The number of aliphatic hydroxyl groups is 4. The molecule has 0 bridgehead atoms. The van der Waals surface area contributed by atoms with E-state index in [0.29, 0.717) is 0 Å². The monoisotopic (exact) mass is 301 g/mol. The Labute approximate surface area is 86.7 Å². The number of rotatable bonds is 4. The van der Waals surface area contributed by atoms with Crippen molar-refractivity contribution in [3.63, 3.8) is 0 Å². The maximum absolute atomic E-state index is 9.25. The fourth-order valence-corrected chi connectivity index (χ4v) is 3.23. The van der Waals surface area contributed by atoms with E-state index in [1.165, 1.54) is 0 Å². The van der Waals surface area contributed by atoms with Crippen LogP contribution in [0.2, 0.25) is 0 Å². The van der Waals surface area contributed by atoms with Crippen molar-refractivity contribution in [3.05, 3.63) is 0 Å². The molecule has 77 valence electrons. The Kier molecular flexibility index (Phi) is 4.89. The molecule has 0 spiro atoms. The van der Waals surface area contributed by atoms with Crippen molar-refractivity contribution in [2.24, 2.45) is 0 Å². The van der Waals surface area contributed by atoms with Gasteiger partial charge in [-0.25, -0.2) is 0 Å². The zero-order valence-corrected chi connectivity index (χ0v) is 9.33. The molecule has 13 heavy (non-hydrogen) atoms. The quantitative estimate of drug-likeness (QED) is 0.413. The number of hydrogen-bond donors (Lipinski definition) is 4. The molecule has 6 nitrogen and oxygen atoms in total. The summed E-state index contributed by atoms with van der Waals surface area (Å²) in [5.74, 6) is 0. The fourth-order valence-electron chi connectivity index (χ4n) is 1.03. The topological polar surface area (TPSA) is 99.4 Å². The third kappa shape index (κ3) is 2.76. The molecule has 1 heterocycles. The molecule has 1 aliphatic rings. The first-order valence-corrected chi connectivity index (χ1v) is 5.89. The van der Waals surface area contributed by atoms with Crippen molar-refractivity contribution < 1.29 is 26.5 Å². The zero-order valence-electron chi connectivity index (χ0n) is 6.78. The van der Waals surface area contributed by atoms with Gasteiger partial charge in [0.2, 0.25) is 0 Å². The van der Waals surface area contributed by atoms with Gasteiger partial charge in [0.25, 0.3) is 0 Å². The number of aliphatic hydroxyl groups excluding tert-OH is 4. The minimum absolute atomic E-state index is 0.446. The van der Waals surface area contributed by atoms with Crippen molar-refractivity contribution in [1.29, 1.82) is 0 Å². The van der Waals surface area contributed by atoms with E-state index in [2.05, 4.69) is 0 Å². The first-order chi connectivity index (χ1) is 6.20. The fraction of sp³-hybridized carbons (Fsp3) is 1.00. The molecule has 0 aromatic rings. The van der Waals surface area contributed by atoms with Crippen LogP contribution in [0.1, 0.15) is 0 Å². The molecule has 7 heteroatoms. The molecule has 1 rings (SSSR count). The van der Waals surface area contributed by atoms with Gasteiger partial charge < -0.3 is 0 Å². The van der Waals surface area contributed by atoms with Gasteiger partial charge in [-0.2, -0.15) is 0 Å². The third-order valence-electron chi connectivity index (χ3n) is 1.79. The van der Waals surface area contributed by atoms with E-state index < -0.39 is 60.1 Å². The molecule has 4 atom stereocenters. The first-order valence-electron chi connectivity index (χ1n) is 3.80. The van der Waals surface area contributed by atoms with Crippen LogP contribution in [0.5, 0.6) is 0 Å². The van der Waals surface area contributed by atoms with Gasteiger partial charge in [-0.3, -0.25) is 0 Å². The van der Waals surface area contributed by atoms with E-state index in [-0.39, 0.29) is 0 Å². The molecule has 0 aliphatic carbocycles. The molecule has 4 unspecified atom stereocenters. The van der Waals surface area contributed by atoms with Crippen molar-refractivity contribution in [3.8, 4) is 0 Å². The van der Waals surface area contributed by atoms with Gasteiger partial charge in [-0.05, 0) is 0 Å². The van der Waals surface area contributed by atoms with Gasteiger partial charge in [0, 0.05) is 0 Å². The standard InChI is InChI=1S/C6H12O6.Sb/c7-1-3(9)5(11)6(12)4(10)2-8;/h3-10H,1-2H2;/q-2;+2. The summed E-state index contributed by atoms with van der Waals surface area (Å²) in [6.45, 7) is -0.891. The van der Waals surface area contributed by atoms with E-state index in [9.17, 15) is 10.2 Å². The van der Waals surface area contributed by atoms with Crippen LogP contribution < -0.4 is 0 Å². The Morgan fingerprint density at radius 3 is 1.69 bits per heavy atom. The van der Waals surface area contributed by atoms with Crippen LogP contribution in [0.4, 0.5) is 0 Å². The molecule has 1 fully saturated rings. The molecule has 4 N–H and O–H groups in total. The summed E-state index contributed by atoms with van der Waals surface area (Å²) in [5.41, 5.74) is 0. The van der Waals surface area contributed by atoms with E-state index in [0.717, 1.165) is 0 Å². The Balaban J connectivity index is 2.52.